The molecule has 2 N–H and O–H groups in total. The summed E-state index contributed by atoms with van der Waals surface area (Å²) in [6.07, 6.45) is 2.05. The highest BCUT2D eigenvalue weighted by atomic mass is 16.6. The molecule has 8 nitrogen and oxygen atoms in total. The molecule has 1 aromatic heterocycles. The van der Waals surface area contributed by atoms with Crippen molar-refractivity contribution in [2.24, 2.45) is 0 Å². The summed E-state index contributed by atoms with van der Waals surface area (Å²) in [5, 5.41) is 28.7. The van der Waals surface area contributed by atoms with Crippen LogP contribution in [0.15, 0.2) is 12.3 Å². The fraction of sp³-hybridized carbons (Fsp3) is 0.583. The van der Waals surface area contributed by atoms with Gasteiger partial charge in [0.05, 0.1) is 24.3 Å². The van der Waals surface area contributed by atoms with Gasteiger partial charge in [0.25, 0.3) is 11.6 Å². The van der Waals surface area contributed by atoms with Gasteiger partial charge in [-0.25, -0.2) is 0 Å². The number of rotatable bonds is 8. The highest BCUT2D eigenvalue weighted by Gasteiger charge is 2.23. The van der Waals surface area contributed by atoms with Crippen molar-refractivity contribution in [1.29, 1.82) is 0 Å². The Labute approximate surface area is 116 Å². The van der Waals surface area contributed by atoms with E-state index >= 15 is 0 Å². The summed E-state index contributed by atoms with van der Waals surface area (Å²) in [6.45, 7) is 2.07. The van der Waals surface area contributed by atoms with E-state index in [0.717, 1.165) is 6.42 Å². The molecule has 0 unspecified atom stereocenters. The van der Waals surface area contributed by atoms with Gasteiger partial charge in [0.2, 0.25) is 0 Å². The Kier molecular flexibility index (Phi) is 6.13. The van der Waals surface area contributed by atoms with Gasteiger partial charge in [0, 0.05) is 25.7 Å². The maximum absolute atomic E-state index is 12.3. The van der Waals surface area contributed by atoms with E-state index in [9.17, 15) is 14.9 Å². The van der Waals surface area contributed by atoms with E-state index < -0.39 is 10.8 Å². The van der Waals surface area contributed by atoms with Crippen LogP contribution >= 0.6 is 0 Å². The van der Waals surface area contributed by atoms with Gasteiger partial charge in [0.1, 0.15) is 5.69 Å². The first-order valence-electron chi connectivity index (χ1n) is 6.40. The first-order valence-corrected chi connectivity index (χ1v) is 6.40. The molecule has 1 amide bonds. The molecule has 0 atom stereocenters. The van der Waals surface area contributed by atoms with Crippen LogP contribution < -0.4 is 0 Å². The standard InChI is InChI=1S/C12H19N3O5/c1-2-3-14-9-10(15(19)20)8-11(14)12(18)13(4-6-16)5-7-17/h8-9,16-17H,2-7H2,1H3. The van der Waals surface area contributed by atoms with E-state index in [1.165, 1.54) is 21.7 Å². The third kappa shape index (κ3) is 3.78. The highest BCUT2D eigenvalue weighted by molar-refractivity contribution is 5.93. The largest absolute Gasteiger partial charge is 0.395 e. The average molecular weight is 285 g/mol. The topological polar surface area (TPSA) is 109 Å². The molecule has 1 aromatic rings. The van der Waals surface area contributed by atoms with Gasteiger partial charge in [-0.15, -0.1) is 0 Å². The molecule has 0 aliphatic heterocycles. The lowest BCUT2D eigenvalue weighted by molar-refractivity contribution is -0.384. The molecule has 0 fully saturated rings. The molecule has 20 heavy (non-hydrogen) atoms. The molecule has 0 aliphatic carbocycles. The van der Waals surface area contributed by atoms with Crippen LogP contribution in [0.2, 0.25) is 0 Å². The molecule has 0 aliphatic rings. The molecule has 1 rings (SSSR count). The minimum Gasteiger partial charge on any atom is -0.395 e. The Morgan fingerprint density at radius 1 is 1.40 bits per heavy atom. The van der Waals surface area contributed by atoms with E-state index in [1.807, 2.05) is 6.92 Å². The molecule has 0 aromatic carbocycles. The second kappa shape index (κ2) is 7.61. The lowest BCUT2D eigenvalue weighted by atomic mass is 10.3. The Bertz CT molecular complexity index is 466. The fourth-order valence-electron chi connectivity index (χ4n) is 1.92. The third-order valence-corrected chi connectivity index (χ3v) is 2.80. The molecular weight excluding hydrogens is 266 g/mol. The number of carbonyl (C=O) groups excluding carboxylic acids is 1. The van der Waals surface area contributed by atoms with Crippen LogP contribution in [0, 0.1) is 10.1 Å². The molecule has 112 valence electrons. The van der Waals surface area contributed by atoms with Gasteiger partial charge in [-0.3, -0.25) is 14.9 Å². The van der Waals surface area contributed by atoms with E-state index in [2.05, 4.69) is 0 Å². The number of aryl methyl sites for hydroxylation is 1. The van der Waals surface area contributed by atoms with Crippen molar-refractivity contribution in [2.75, 3.05) is 26.3 Å². The molecule has 8 heteroatoms. The quantitative estimate of drug-likeness (QED) is 0.525. The number of hydrogen-bond donors (Lipinski definition) is 2. The predicted octanol–water partition coefficient (Wildman–Crippen LogP) is 0.233. The van der Waals surface area contributed by atoms with E-state index in [1.54, 1.807) is 0 Å². The lowest BCUT2D eigenvalue weighted by Crippen LogP contribution is -2.36. The lowest BCUT2D eigenvalue weighted by Gasteiger charge is -2.21. The Hall–Kier alpha value is -1.93. The van der Waals surface area contributed by atoms with Crippen molar-refractivity contribution >= 4 is 11.6 Å². The minimum absolute atomic E-state index is 0.0739. The SMILES string of the molecule is CCCn1cc([N+](=O)[O-])cc1C(=O)N(CCO)CCO. The molecule has 0 saturated carbocycles. The Morgan fingerprint density at radius 2 is 2.00 bits per heavy atom. The molecule has 0 saturated heterocycles. The van der Waals surface area contributed by atoms with Crippen molar-refractivity contribution in [1.82, 2.24) is 9.47 Å². The van der Waals surface area contributed by atoms with E-state index in [0.29, 0.717) is 6.54 Å². The van der Waals surface area contributed by atoms with Crippen LogP contribution in [0.5, 0.6) is 0 Å². The number of amides is 1. The van der Waals surface area contributed by atoms with Crippen LogP contribution in [0.3, 0.4) is 0 Å². The van der Waals surface area contributed by atoms with Crippen molar-refractivity contribution in [2.45, 2.75) is 19.9 Å². The summed E-state index contributed by atoms with van der Waals surface area (Å²) in [6, 6.07) is 1.22. The molecule has 0 bridgehead atoms. The second-order valence-corrected chi connectivity index (χ2v) is 4.27. The van der Waals surface area contributed by atoms with Gasteiger partial charge < -0.3 is 19.7 Å². The summed E-state index contributed by atoms with van der Waals surface area (Å²) in [7, 11) is 0. The zero-order valence-corrected chi connectivity index (χ0v) is 11.4. The van der Waals surface area contributed by atoms with Crippen LogP contribution in [0.4, 0.5) is 5.69 Å². The first kappa shape index (κ1) is 16.1. The number of aliphatic hydroxyl groups excluding tert-OH is 2. The van der Waals surface area contributed by atoms with E-state index in [4.69, 9.17) is 10.2 Å². The van der Waals surface area contributed by atoms with Gasteiger partial charge >= 0.3 is 0 Å². The molecule has 0 spiro atoms. The highest BCUT2D eigenvalue weighted by Crippen LogP contribution is 2.18. The van der Waals surface area contributed by atoms with E-state index in [-0.39, 0.29) is 37.7 Å². The van der Waals surface area contributed by atoms with Crippen LogP contribution in [-0.2, 0) is 6.54 Å². The predicted molar refractivity (Wildman–Crippen MR) is 71.5 cm³/mol. The van der Waals surface area contributed by atoms with Gasteiger partial charge in [-0.2, -0.15) is 0 Å². The molecular formula is C12H19N3O5. The maximum atomic E-state index is 12.3. The number of nitrogens with zero attached hydrogens (tertiary/aromatic N) is 3. The number of hydrogen-bond acceptors (Lipinski definition) is 5. The minimum atomic E-state index is -0.550. The zero-order chi connectivity index (χ0) is 15.1. The summed E-state index contributed by atoms with van der Waals surface area (Å²) in [4.78, 5) is 23.8. The number of aliphatic hydroxyl groups is 2. The number of nitro groups is 1. The van der Waals surface area contributed by atoms with Gasteiger partial charge in [0.15, 0.2) is 0 Å². The Balaban J connectivity index is 3.07. The summed E-state index contributed by atoms with van der Waals surface area (Å²) >= 11 is 0. The van der Waals surface area contributed by atoms with Crippen LogP contribution in [0.25, 0.3) is 0 Å². The summed E-state index contributed by atoms with van der Waals surface area (Å²) in [5.41, 5.74) is 0.0511. The van der Waals surface area contributed by atoms with Crippen molar-refractivity contribution < 1.29 is 19.9 Å². The second-order valence-electron chi connectivity index (χ2n) is 4.27. The normalized spacial score (nSPS) is 10.6. The van der Waals surface area contributed by atoms with Crippen molar-refractivity contribution in [3.63, 3.8) is 0 Å². The summed E-state index contributed by atoms with van der Waals surface area (Å²) in [5.74, 6) is -0.436. The first-order chi connectivity index (χ1) is 9.54. The van der Waals surface area contributed by atoms with Gasteiger partial charge in [-0.1, -0.05) is 6.92 Å². The maximum Gasteiger partial charge on any atom is 0.287 e. The van der Waals surface area contributed by atoms with Crippen molar-refractivity contribution in [3.05, 3.63) is 28.1 Å². The third-order valence-electron chi connectivity index (χ3n) is 2.80. The summed E-state index contributed by atoms with van der Waals surface area (Å²) < 4.78 is 1.53. The average Bonchev–Trinajstić information content (AvgIpc) is 2.82. The smallest absolute Gasteiger partial charge is 0.287 e. The number of carbonyl (C=O) groups is 1. The molecule has 0 radical (unpaired) electrons. The van der Waals surface area contributed by atoms with Crippen LogP contribution in [0.1, 0.15) is 23.8 Å². The van der Waals surface area contributed by atoms with Crippen molar-refractivity contribution in [3.8, 4) is 0 Å². The monoisotopic (exact) mass is 285 g/mol. The molecule has 1 heterocycles. The van der Waals surface area contributed by atoms with Crippen LogP contribution in [-0.4, -0.2) is 56.8 Å². The fourth-order valence-corrected chi connectivity index (χ4v) is 1.92. The van der Waals surface area contributed by atoms with Gasteiger partial charge in [-0.05, 0) is 6.42 Å². The number of aromatic nitrogens is 1. The Morgan fingerprint density at radius 3 is 2.45 bits per heavy atom. The zero-order valence-electron chi connectivity index (χ0n) is 11.4.